The lowest BCUT2D eigenvalue weighted by molar-refractivity contribution is -0.147. The van der Waals surface area contributed by atoms with E-state index < -0.39 is 23.7 Å². The van der Waals surface area contributed by atoms with Gasteiger partial charge in [-0.2, -0.15) is 0 Å². The van der Waals surface area contributed by atoms with Crippen LogP contribution in [0.15, 0.2) is 23.0 Å². The Kier molecular flexibility index (Phi) is 9.67. The third-order valence-electron chi connectivity index (χ3n) is 6.92. The van der Waals surface area contributed by atoms with Crippen molar-refractivity contribution in [3.05, 3.63) is 39.8 Å². The number of carbonyl (C=O) groups excluding carboxylic acids is 3. The highest BCUT2D eigenvalue weighted by molar-refractivity contribution is 5.95. The lowest BCUT2D eigenvalue weighted by Gasteiger charge is -2.36. The Morgan fingerprint density at radius 2 is 1.77 bits per heavy atom. The van der Waals surface area contributed by atoms with E-state index in [4.69, 9.17) is 14.3 Å². The molecule has 0 radical (unpaired) electrons. The van der Waals surface area contributed by atoms with E-state index in [2.05, 4.69) is 15.2 Å². The zero-order chi connectivity index (χ0) is 28.8. The van der Waals surface area contributed by atoms with E-state index in [1.807, 2.05) is 32.7 Å². The van der Waals surface area contributed by atoms with E-state index in [9.17, 15) is 19.2 Å². The molecule has 4 rings (SSSR count). The topological polar surface area (TPSA) is 132 Å². The monoisotopic (exact) mass is 555 g/mol. The average Bonchev–Trinajstić information content (AvgIpc) is 2.94. The third-order valence-corrected chi connectivity index (χ3v) is 6.92. The summed E-state index contributed by atoms with van der Waals surface area (Å²) in [4.78, 5) is 66.1. The molecule has 3 heterocycles. The standard InChI is InChI=1S/C28H37N5O7/c1-5-16-38-28(32-14-12-31(4)13-15-32)26(36)29-18-8-9-22-20(17-18)25-30-21(7-3)19(6-2)27(37)33(25)40-24(35)11-10-23(34)39-22/h8-9,17,28H,5-7,10-16H2,1-4H3,(H,29,36). The predicted octanol–water partition coefficient (Wildman–Crippen LogP) is 1.63. The fourth-order valence-electron chi connectivity index (χ4n) is 4.72. The van der Waals surface area contributed by atoms with Crippen molar-refractivity contribution in [2.45, 2.75) is 59.1 Å². The molecule has 40 heavy (non-hydrogen) atoms. The van der Waals surface area contributed by atoms with Gasteiger partial charge in [0.2, 0.25) is 0 Å². The smallest absolute Gasteiger partial charge is 0.333 e. The largest absolute Gasteiger partial charge is 0.426 e. The van der Waals surface area contributed by atoms with Crippen molar-refractivity contribution in [3.8, 4) is 17.1 Å². The number of rotatable bonds is 8. The number of esters is 1. The van der Waals surface area contributed by atoms with Crippen LogP contribution in [0.25, 0.3) is 11.4 Å². The summed E-state index contributed by atoms with van der Waals surface area (Å²) in [6.45, 7) is 9.11. The quantitative estimate of drug-likeness (QED) is 0.379. The minimum atomic E-state index is -0.784. The van der Waals surface area contributed by atoms with Gasteiger partial charge in [-0.05, 0) is 44.5 Å². The molecule has 1 fully saturated rings. The third kappa shape index (κ3) is 6.57. The van der Waals surface area contributed by atoms with E-state index in [1.54, 1.807) is 12.1 Å². The number of carbonyl (C=O) groups is 3. The second-order valence-corrected chi connectivity index (χ2v) is 9.87. The SMILES string of the molecule is CCCOC(C(=O)Nc1ccc2c(c1)-c1nc(CC)c(CC)c(=O)n1OC(=O)CCC(=O)O2)N1CCN(C)CC1. The van der Waals surface area contributed by atoms with Crippen LogP contribution in [0.3, 0.4) is 0 Å². The first-order chi connectivity index (χ1) is 19.2. The zero-order valence-corrected chi connectivity index (χ0v) is 23.5. The summed E-state index contributed by atoms with van der Waals surface area (Å²) in [6.07, 6.45) is 0.369. The van der Waals surface area contributed by atoms with E-state index in [-0.39, 0.29) is 35.9 Å². The number of aryl methyl sites for hydroxylation is 1. The Bertz CT molecular complexity index is 1320. The number of benzene rings is 1. The van der Waals surface area contributed by atoms with Gasteiger partial charge in [-0.15, -0.1) is 4.73 Å². The van der Waals surface area contributed by atoms with Gasteiger partial charge in [0.1, 0.15) is 5.75 Å². The molecule has 1 aromatic carbocycles. The summed E-state index contributed by atoms with van der Waals surface area (Å²) in [5.41, 5.74) is 1.07. The molecule has 1 atom stereocenters. The minimum Gasteiger partial charge on any atom is -0.426 e. The van der Waals surface area contributed by atoms with E-state index in [1.165, 1.54) is 6.07 Å². The molecule has 2 aliphatic rings. The van der Waals surface area contributed by atoms with Gasteiger partial charge in [0.05, 0.1) is 24.1 Å². The number of amides is 1. The number of ether oxygens (including phenoxy) is 2. The van der Waals surface area contributed by atoms with Crippen molar-refractivity contribution in [3.63, 3.8) is 0 Å². The fourth-order valence-corrected chi connectivity index (χ4v) is 4.72. The maximum Gasteiger partial charge on any atom is 0.333 e. The highest BCUT2D eigenvalue weighted by Gasteiger charge is 2.30. The minimum absolute atomic E-state index is 0.00560. The maximum absolute atomic E-state index is 13.5. The number of hydrogen-bond donors (Lipinski definition) is 1. The molecule has 0 bridgehead atoms. The number of fused-ring (bicyclic) bond motifs is 3. The normalized spacial score (nSPS) is 17.3. The Balaban J connectivity index is 1.76. The molecule has 1 saturated heterocycles. The lowest BCUT2D eigenvalue weighted by atomic mass is 10.1. The summed E-state index contributed by atoms with van der Waals surface area (Å²) >= 11 is 0. The Hall–Kier alpha value is -3.61. The molecule has 1 N–H and O–H groups in total. The van der Waals surface area contributed by atoms with Crippen LogP contribution in [-0.2, 0) is 32.0 Å². The van der Waals surface area contributed by atoms with Gasteiger partial charge in [-0.3, -0.25) is 19.3 Å². The van der Waals surface area contributed by atoms with Crippen molar-refractivity contribution >= 4 is 23.5 Å². The van der Waals surface area contributed by atoms with Gasteiger partial charge >= 0.3 is 11.9 Å². The molecule has 1 unspecified atom stereocenters. The van der Waals surface area contributed by atoms with Gasteiger partial charge in [-0.25, -0.2) is 9.78 Å². The Morgan fingerprint density at radius 1 is 1.05 bits per heavy atom. The van der Waals surface area contributed by atoms with Crippen molar-refractivity contribution in [1.82, 2.24) is 19.5 Å². The summed E-state index contributed by atoms with van der Waals surface area (Å²) in [7, 11) is 2.04. The highest BCUT2D eigenvalue weighted by Crippen LogP contribution is 2.33. The molecule has 2 aromatic rings. The second kappa shape index (κ2) is 13.2. The van der Waals surface area contributed by atoms with Crippen molar-refractivity contribution < 1.29 is 28.7 Å². The number of nitrogens with one attached hydrogen (secondary N) is 1. The first-order valence-electron chi connectivity index (χ1n) is 13.8. The van der Waals surface area contributed by atoms with Crippen LogP contribution < -0.4 is 20.5 Å². The molecule has 0 saturated carbocycles. The number of likely N-dealkylation sites (N-methyl/N-ethyl adjacent to an activating group) is 1. The second-order valence-electron chi connectivity index (χ2n) is 9.87. The first-order valence-corrected chi connectivity index (χ1v) is 13.8. The summed E-state index contributed by atoms with van der Waals surface area (Å²) in [6, 6.07) is 4.69. The van der Waals surface area contributed by atoms with Crippen LogP contribution >= 0.6 is 0 Å². The molecule has 12 nitrogen and oxygen atoms in total. The van der Waals surface area contributed by atoms with Crippen LogP contribution in [0.1, 0.15) is 51.3 Å². The van der Waals surface area contributed by atoms with E-state index in [0.29, 0.717) is 49.5 Å². The molecule has 12 heteroatoms. The molecular formula is C28H37N5O7. The van der Waals surface area contributed by atoms with Gasteiger partial charge < -0.3 is 24.5 Å². The van der Waals surface area contributed by atoms with Crippen LogP contribution in [-0.4, -0.2) is 83.4 Å². The Labute approximate surface area is 233 Å². The van der Waals surface area contributed by atoms with Crippen LogP contribution in [0.4, 0.5) is 5.69 Å². The lowest BCUT2D eigenvalue weighted by Crippen LogP contribution is -2.54. The molecule has 216 valence electrons. The molecule has 0 aliphatic carbocycles. The molecule has 0 spiro atoms. The molecule has 1 amide bonds. The molecule has 1 aromatic heterocycles. The number of anilines is 1. The van der Waals surface area contributed by atoms with Crippen LogP contribution in [0.2, 0.25) is 0 Å². The molecular weight excluding hydrogens is 518 g/mol. The summed E-state index contributed by atoms with van der Waals surface area (Å²) in [5, 5.41) is 2.91. The fraction of sp³-hybridized carbons (Fsp3) is 0.536. The van der Waals surface area contributed by atoms with Gasteiger partial charge in [0.25, 0.3) is 11.5 Å². The van der Waals surface area contributed by atoms with Crippen molar-refractivity contribution in [1.29, 1.82) is 0 Å². The van der Waals surface area contributed by atoms with E-state index >= 15 is 0 Å². The van der Waals surface area contributed by atoms with Gasteiger partial charge in [0, 0.05) is 44.0 Å². The predicted molar refractivity (Wildman–Crippen MR) is 147 cm³/mol. The van der Waals surface area contributed by atoms with Gasteiger partial charge in [0.15, 0.2) is 12.1 Å². The maximum atomic E-state index is 13.5. The van der Waals surface area contributed by atoms with Crippen molar-refractivity contribution in [2.24, 2.45) is 0 Å². The number of aromatic nitrogens is 2. The first kappa shape index (κ1) is 29.4. The summed E-state index contributed by atoms with van der Waals surface area (Å²) < 4.78 is 12.4. The van der Waals surface area contributed by atoms with Crippen molar-refractivity contribution in [2.75, 3.05) is 45.2 Å². The number of nitrogens with zero attached hydrogens (tertiary/aromatic N) is 4. The van der Waals surface area contributed by atoms with E-state index in [0.717, 1.165) is 24.2 Å². The zero-order valence-electron chi connectivity index (χ0n) is 23.5. The highest BCUT2D eigenvalue weighted by atomic mass is 16.7. The number of piperazine rings is 1. The summed E-state index contributed by atoms with van der Waals surface area (Å²) in [5.74, 6) is -1.60. The van der Waals surface area contributed by atoms with Crippen LogP contribution in [0, 0.1) is 0 Å². The van der Waals surface area contributed by atoms with Crippen LogP contribution in [0.5, 0.6) is 5.75 Å². The number of hydrogen-bond acceptors (Lipinski definition) is 10. The average molecular weight is 556 g/mol. The Morgan fingerprint density at radius 3 is 2.45 bits per heavy atom. The van der Waals surface area contributed by atoms with Gasteiger partial charge in [-0.1, -0.05) is 20.8 Å². The molecule has 2 aliphatic heterocycles.